The standard InChI is InChI=1S/C20H36O7P2/c1-17(2)9-6-10-18(3)11-7-12-19(4)13-8-14-20(5)15-16-26-29(24,25)27-28(21,22)23/h9,11,13,15H,6-8,10,12,14,16H2,1-5H3,(H,24,25)(H2,21,22,23)/b18-11+,19-13+,20-15+/i5D3,16D2. The minimum absolute atomic E-state index is 0.0800. The summed E-state index contributed by atoms with van der Waals surface area (Å²) in [5.74, 6) is 0. The maximum Gasteiger partial charge on any atom is 0.481 e. The van der Waals surface area contributed by atoms with Crippen LogP contribution in [0.3, 0.4) is 0 Å². The van der Waals surface area contributed by atoms with E-state index in [9.17, 15) is 14.0 Å². The van der Waals surface area contributed by atoms with Gasteiger partial charge in [0.15, 0.2) is 0 Å². The summed E-state index contributed by atoms with van der Waals surface area (Å²) >= 11 is 0. The Morgan fingerprint density at radius 3 is 1.79 bits per heavy atom. The number of hydrogen-bond acceptors (Lipinski definition) is 4. The molecule has 0 aliphatic heterocycles. The Morgan fingerprint density at radius 2 is 1.34 bits per heavy atom. The number of phosphoric acid groups is 2. The molecule has 1 atom stereocenters. The van der Waals surface area contributed by atoms with Crippen molar-refractivity contribution < 1.29 is 39.5 Å². The Balaban J connectivity index is 5.09. The normalized spacial score (nSPS) is 19.4. The summed E-state index contributed by atoms with van der Waals surface area (Å²) in [4.78, 5) is 26.6. The third kappa shape index (κ3) is 19.0. The molecule has 0 aromatic heterocycles. The fraction of sp³-hybridized carbons (Fsp3) is 0.600. The number of hydrogen-bond donors (Lipinski definition) is 3. The molecule has 0 aromatic rings. The SMILES string of the molecule is [2H]C([2H])(/C=C(/CC/C=C(\C)CC/C=C(\C)CCC=C(C)C)C([2H])([2H])[2H])OP(=O)(O)OP(=O)(O)O. The summed E-state index contributed by atoms with van der Waals surface area (Å²) in [6, 6.07) is 0. The Labute approximate surface area is 182 Å². The predicted octanol–water partition coefficient (Wildman–Crippen LogP) is 6.36. The zero-order chi connectivity index (χ0) is 26.8. The minimum atomic E-state index is -5.51. The van der Waals surface area contributed by atoms with Crippen molar-refractivity contribution in [1.82, 2.24) is 0 Å². The van der Waals surface area contributed by atoms with Gasteiger partial charge in [0.2, 0.25) is 0 Å². The fourth-order valence-corrected chi connectivity index (χ4v) is 3.59. The van der Waals surface area contributed by atoms with E-state index >= 15 is 0 Å². The molecule has 0 rings (SSSR count). The average molecular weight is 455 g/mol. The van der Waals surface area contributed by atoms with Crippen LogP contribution in [0.4, 0.5) is 0 Å². The first kappa shape index (κ1) is 20.1. The lowest BCUT2D eigenvalue weighted by atomic mass is 10.0. The highest BCUT2D eigenvalue weighted by molar-refractivity contribution is 7.60. The topological polar surface area (TPSA) is 113 Å². The van der Waals surface area contributed by atoms with Crippen molar-refractivity contribution in [3.8, 4) is 0 Å². The van der Waals surface area contributed by atoms with Gasteiger partial charge in [-0.15, -0.1) is 0 Å². The summed E-state index contributed by atoms with van der Waals surface area (Å²) in [5.41, 5.74) is 3.25. The van der Waals surface area contributed by atoms with Crippen molar-refractivity contribution in [3.63, 3.8) is 0 Å². The highest BCUT2D eigenvalue weighted by Crippen LogP contribution is 2.57. The van der Waals surface area contributed by atoms with E-state index in [0.717, 1.165) is 31.3 Å². The van der Waals surface area contributed by atoms with Gasteiger partial charge in [-0.2, -0.15) is 4.31 Å². The zero-order valence-corrected chi connectivity index (χ0v) is 19.2. The fourth-order valence-electron chi connectivity index (χ4n) is 2.20. The van der Waals surface area contributed by atoms with Crippen LogP contribution in [-0.4, -0.2) is 21.2 Å². The van der Waals surface area contributed by atoms with Crippen LogP contribution in [0.25, 0.3) is 0 Å². The molecule has 9 heteroatoms. The van der Waals surface area contributed by atoms with Crippen LogP contribution in [0.1, 0.15) is 79.9 Å². The maximum atomic E-state index is 11.6. The van der Waals surface area contributed by atoms with Gasteiger partial charge in [-0.05, 0) is 73.1 Å². The quantitative estimate of drug-likeness (QED) is 0.206. The third-order valence-electron chi connectivity index (χ3n) is 3.64. The van der Waals surface area contributed by atoms with Crippen molar-refractivity contribution in [3.05, 3.63) is 46.6 Å². The van der Waals surface area contributed by atoms with Gasteiger partial charge < -0.3 is 14.7 Å². The molecular formula is C20H36O7P2. The second-order valence-corrected chi connectivity index (χ2v) is 9.67. The molecule has 0 bridgehead atoms. The van der Waals surface area contributed by atoms with E-state index in [-0.39, 0.29) is 18.4 Å². The molecule has 0 heterocycles. The van der Waals surface area contributed by atoms with E-state index < -0.39 is 29.1 Å². The van der Waals surface area contributed by atoms with Crippen molar-refractivity contribution in [2.75, 3.05) is 6.56 Å². The van der Waals surface area contributed by atoms with Crippen LogP contribution < -0.4 is 0 Å². The van der Waals surface area contributed by atoms with Crippen LogP contribution in [0, 0.1) is 0 Å². The van der Waals surface area contributed by atoms with Gasteiger partial charge in [0, 0.05) is 4.11 Å². The third-order valence-corrected chi connectivity index (χ3v) is 5.65. The number of phosphoric ester groups is 1. The maximum absolute atomic E-state index is 11.6. The lowest BCUT2D eigenvalue weighted by Crippen LogP contribution is -1.94. The lowest BCUT2D eigenvalue weighted by molar-refractivity contribution is 0.191. The molecule has 1 unspecified atom stereocenters. The van der Waals surface area contributed by atoms with Crippen molar-refractivity contribution >= 4 is 15.6 Å². The summed E-state index contributed by atoms with van der Waals surface area (Å²) in [7, 11) is -11.0. The van der Waals surface area contributed by atoms with Crippen LogP contribution in [0.2, 0.25) is 0 Å². The zero-order valence-electron chi connectivity index (χ0n) is 22.4. The Kier molecular flexibility index (Phi) is 9.91. The average Bonchev–Trinajstić information content (AvgIpc) is 2.56. The molecule has 0 fully saturated rings. The van der Waals surface area contributed by atoms with Gasteiger partial charge in [-0.1, -0.05) is 46.6 Å². The molecule has 0 amide bonds. The second-order valence-electron chi connectivity index (χ2n) is 6.92. The summed E-state index contributed by atoms with van der Waals surface area (Å²) in [6.07, 6.45) is 10.5. The number of allylic oxidation sites excluding steroid dienone is 7. The van der Waals surface area contributed by atoms with Crippen molar-refractivity contribution in [2.45, 2.75) is 73.1 Å². The molecule has 0 aliphatic rings. The van der Waals surface area contributed by atoms with E-state index in [1.165, 1.54) is 11.1 Å². The Bertz CT molecular complexity index is 882. The second kappa shape index (κ2) is 14.3. The van der Waals surface area contributed by atoms with Crippen LogP contribution >= 0.6 is 15.6 Å². The molecule has 168 valence electrons. The predicted molar refractivity (Wildman–Crippen MR) is 117 cm³/mol. The van der Waals surface area contributed by atoms with Gasteiger partial charge in [0.05, 0.1) is 9.30 Å². The molecule has 0 saturated carbocycles. The smallest absolute Gasteiger partial charge is 0.302 e. The monoisotopic (exact) mass is 455 g/mol. The number of rotatable bonds is 14. The van der Waals surface area contributed by atoms with Crippen molar-refractivity contribution in [2.24, 2.45) is 0 Å². The van der Waals surface area contributed by atoms with Gasteiger partial charge in [-0.25, -0.2) is 9.13 Å². The first-order chi connectivity index (χ1) is 15.2. The molecule has 3 N–H and O–H groups in total. The van der Waals surface area contributed by atoms with Gasteiger partial charge >= 0.3 is 15.6 Å². The molecule has 0 aliphatic carbocycles. The van der Waals surface area contributed by atoms with Crippen LogP contribution in [-0.2, 0) is 18.0 Å². The summed E-state index contributed by atoms with van der Waals surface area (Å²) in [6.45, 7) is 2.27. The Morgan fingerprint density at radius 1 is 0.862 bits per heavy atom. The molecule has 29 heavy (non-hydrogen) atoms. The first-order valence-corrected chi connectivity index (χ1v) is 12.2. The first-order valence-electron chi connectivity index (χ1n) is 11.7. The van der Waals surface area contributed by atoms with Gasteiger partial charge in [-0.3, -0.25) is 4.52 Å². The molecule has 7 nitrogen and oxygen atoms in total. The molecule has 0 saturated heterocycles. The minimum Gasteiger partial charge on any atom is -0.302 e. The van der Waals surface area contributed by atoms with E-state index in [2.05, 4.69) is 41.8 Å². The molecular weight excluding hydrogens is 414 g/mol. The van der Waals surface area contributed by atoms with E-state index in [4.69, 9.17) is 16.6 Å². The van der Waals surface area contributed by atoms with Crippen LogP contribution in [0.15, 0.2) is 46.6 Å². The summed E-state index contributed by atoms with van der Waals surface area (Å²) in [5, 5.41) is 0. The Hall–Kier alpha value is -0.780. The van der Waals surface area contributed by atoms with Gasteiger partial charge in [0.25, 0.3) is 0 Å². The van der Waals surface area contributed by atoms with E-state index in [1.54, 1.807) is 0 Å². The van der Waals surface area contributed by atoms with Crippen LogP contribution in [0.5, 0.6) is 0 Å². The van der Waals surface area contributed by atoms with E-state index in [1.807, 2.05) is 13.0 Å². The highest BCUT2D eigenvalue weighted by atomic mass is 31.3. The van der Waals surface area contributed by atoms with Crippen molar-refractivity contribution in [1.29, 1.82) is 0 Å². The van der Waals surface area contributed by atoms with E-state index in [0.29, 0.717) is 6.08 Å². The molecule has 0 aromatic carbocycles. The molecule has 0 spiro atoms. The molecule has 0 radical (unpaired) electrons. The van der Waals surface area contributed by atoms with Gasteiger partial charge in [0.1, 0.15) is 0 Å². The summed E-state index contributed by atoms with van der Waals surface area (Å²) < 4.78 is 68.1. The lowest BCUT2D eigenvalue weighted by Gasteiger charge is -2.11. The largest absolute Gasteiger partial charge is 0.481 e. The highest BCUT2D eigenvalue weighted by Gasteiger charge is 2.31.